The Balaban J connectivity index is 1.97. The molecular formula is C13H18ClNO. The molecule has 0 radical (unpaired) electrons. The smallest absolute Gasteiger partial charge is 0.0635 e. The zero-order chi connectivity index (χ0) is 11.4. The number of aliphatic hydroxyl groups is 1. The molecule has 1 atom stereocenters. The van der Waals surface area contributed by atoms with Gasteiger partial charge in [-0.2, -0.15) is 0 Å². The van der Waals surface area contributed by atoms with Crippen LogP contribution in [0, 0.1) is 5.92 Å². The standard InChI is InChI=1S/C13H18ClNO/c14-11-5-7-12(8-6-11)15-13(9-16)10-3-1-2-4-10/h5-8,10,13,15-16H,1-4,9H2. The fourth-order valence-corrected chi connectivity index (χ4v) is 2.56. The van der Waals surface area contributed by atoms with Crippen LogP contribution in [0.25, 0.3) is 0 Å². The quantitative estimate of drug-likeness (QED) is 0.845. The normalized spacial score (nSPS) is 18.6. The highest BCUT2D eigenvalue weighted by Crippen LogP contribution is 2.29. The molecule has 88 valence electrons. The first kappa shape index (κ1) is 11.7. The lowest BCUT2D eigenvalue weighted by molar-refractivity contribution is 0.238. The first-order valence-corrected chi connectivity index (χ1v) is 6.30. The van der Waals surface area contributed by atoms with Gasteiger partial charge in [0.15, 0.2) is 0 Å². The van der Waals surface area contributed by atoms with Gasteiger partial charge in [0.05, 0.1) is 12.6 Å². The summed E-state index contributed by atoms with van der Waals surface area (Å²) in [5, 5.41) is 13.5. The Morgan fingerprint density at radius 3 is 2.44 bits per heavy atom. The Labute approximate surface area is 102 Å². The molecule has 0 heterocycles. The zero-order valence-electron chi connectivity index (χ0n) is 9.32. The molecule has 1 fully saturated rings. The predicted molar refractivity (Wildman–Crippen MR) is 67.9 cm³/mol. The number of anilines is 1. The van der Waals surface area contributed by atoms with Crippen molar-refractivity contribution >= 4 is 17.3 Å². The van der Waals surface area contributed by atoms with Crippen LogP contribution in [-0.4, -0.2) is 17.8 Å². The summed E-state index contributed by atoms with van der Waals surface area (Å²) >= 11 is 5.83. The van der Waals surface area contributed by atoms with Crippen molar-refractivity contribution < 1.29 is 5.11 Å². The fraction of sp³-hybridized carbons (Fsp3) is 0.538. The van der Waals surface area contributed by atoms with Gasteiger partial charge in [0, 0.05) is 10.7 Å². The highest BCUT2D eigenvalue weighted by atomic mass is 35.5. The van der Waals surface area contributed by atoms with Crippen LogP contribution in [0.2, 0.25) is 5.02 Å². The van der Waals surface area contributed by atoms with E-state index in [1.54, 1.807) is 0 Å². The Hall–Kier alpha value is -0.730. The monoisotopic (exact) mass is 239 g/mol. The van der Waals surface area contributed by atoms with E-state index in [9.17, 15) is 5.11 Å². The summed E-state index contributed by atoms with van der Waals surface area (Å²) in [6, 6.07) is 7.84. The molecule has 1 unspecified atom stereocenters. The number of hydrogen-bond donors (Lipinski definition) is 2. The third kappa shape index (κ3) is 2.89. The topological polar surface area (TPSA) is 32.3 Å². The number of rotatable bonds is 4. The molecule has 1 aromatic carbocycles. The van der Waals surface area contributed by atoms with E-state index in [2.05, 4.69) is 5.32 Å². The maximum Gasteiger partial charge on any atom is 0.0635 e. The highest BCUT2D eigenvalue weighted by Gasteiger charge is 2.24. The second-order valence-corrected chi connectivity index (χ2v) is 4.92. The molecule has 2 rings (SSSR count). The van der Waals surface area contributed by atoms with Crippen molar-refractivity contribution in [3.05, 3.63) is 29.3 Å². The Bertz CT molecular complexity index is 319. The van der Waals surface area contributed by atoms with Crippen molar-refractivity contribution in [1.29, 1.82) is 0 Å². The molecule has 2 nitrogen and oxygen atoms in total. The molecule has 1 aromatic rings. The molecular weight excluding hydrogens is 222 g/mol. The van der Waals surface area contributed by atoms with E-state index in [0.717, 1.165) is 10.7 Å². The lowest BCUT2D eigenvalue weighted by Gasteiger charge is -2.23. The van der Waals surface area contributed by atoms with E-state index in [4.69, 9.17) is 11.6 Å². The van der Waals surface area contributed by atoms with Crippen molar-refractivity contribution in [2.24, 2.45) is 5.92 Å². The minimum Gasteiger partial charge on any atom is -0.394 e. The van der Waals surface area contributed by atoms with Crippen molar-refractivity contribution in [2.45, 2.75) is 31.7 Å². The molecule has 2 N–H and O–H groups in total. The molecule has 16 heavy (non-hydrogen) atoms. The van der Waals surface area contributed by atoms with Gasteiger partial charge in [0.25, 0.3) is 0 Å². The summed E-state index contributed by atoms with van der Waals surface area (Å²) in [5.74, 6) is 0.612. The van der Waals surface area contributed by atoms with Crippen molar-refractivity contribution in [3.8, 4) is 0 Å². The third-order valence-electron chi connectivity index (χ3n) is 3.36. The number of aliphatic hydroxyl groups excluding tert-OH is 1. The Kier molecular flexibility index (Phi) is 4.08. The summed E-state index contributed by atoms with van der Waals surface area (Å²) in [6.07, 6.45) is 5.05. The van der Waals surface area contributed by atoms with Gasteiger partial charge >= 0.3 is 0 Å². The predicted octanol–water partition coefficient (Wildman–Crippen LogP) is 3.30. The maximum atomic E-state index is 9.41. The van der Waals surface area contributed by atoms with E-state index in [0.29, 0.717) is 5.92 Å². The average Bonchev–Trinajstić information content (AvgIpc) is 2.82. The van der Waals surface area contributed by atoms with Crippen molar-refractivity contribution in [3.63, 3.8) is 0 Å². The molecule has 0 aromatic heterocycles. The van der Waals surface area contributed by atoms with E-state index in [1.165, 1.54) is 25.7 Å². The number of hydrogen-bond acceptors (Lipinski definition) is 2. The lowest BCUT2D eigenvalue weighted by atomic mass is 9.98. The van der Waals surface area contributed by atoms with Crippen LogP contribution in [-0.2, 0) is 0 Å². The fourth-order valence-electron chi connectivity index (χ4n) is 2.43. The van der Waals surface area contributed by atoms with E-state index in [1.807, 2.05) is 24.3 Å². The summed E-state index contributed by atoms with van der Waals surface area (Å²) < 4.78 is 0. The van der Waals surface area contributed by atoms with Crippen LogP contribution in [0.5, 0.6) is 0 Å². The summed E-state index contributed by atoms with van der Waals surface area (Å²) in [5.41, 5.74) is 1.04. The number of benzene rings is 1. The van der Waals surface area contributed by atoms with Gasteiger partial charge in [-0.1, -0.05) is 24.4 Å². The van der Waals surface area contributed by atoms with Crippen LogP contribution in [0.15, 0.2) is 24.3 Å². The first-order chi connectivity index (χ1) is 7.79. The third-order valence-corrected chi connectivity index (χ3v) is 3.61. The average molecular weight is 240 g/mol. The number of halogens is 1. The summed E-state index contributed by atoms with van der Waals surface area (Å²) in [7, 11) is 0. The summed E-state index contributed by atoms with van der Waals surface area (Å²) in [6.45, 7) is 0.202. The molecule has 1 saturated carbocycles. The van der Waals surface area contributed by atoms with Crippen LogP contribution in [0.4, 0.5) is 5.69 Å². The minimum absolute atomic E-state index is 0.184. The molecule has 0 amide bonds. The molecule has 0 saturated heterocycles. The van der Waals surface area contributed by atoms with Gasteiger partial charge in [-0.3, -0.25) is 0 Å². The SMILES string of the molecule is OCC(Nc1ccc(Cl)cc1)C1CCCC1. The molecule has 0 spiro atoms. The van der Waals surface area contributed by atoms with Gasteiger partial charge in [-0.25, -0.2) is 0 Å². The van der Waals surface area contributed by atoms with Gasteiger partial charge < -0.3 is 10.4 Å². The molecule has 3 heteroatoms. The van der Waals surface area contributed by atoms with Crippen LogP contribution >= 0.6 is 11.6 Å². The van der Waals surface area contributed by atoms with Crippen LogP contribution in [0.1, 0.15) is 25.7 Å². The maximum absolute atomic E-state index is 9.41. The number of nitrogens with one attached hydrogen (secondary N) is 1. The Morgan fingerprint density at radius 1 is 1.25 bits per heavy atom. The largest absolute Gasteiger partial charge is 0.394 e. The van der Waals surface area contributed by atoms with Gasteiger partial charge in [0.1, 0.15) is 0 Å². The molecule has 1 aliphatic carbocycles. The molecule has 0 bridgehead atoms. The van der Waals surface area contributed by atoms with E-state index < -0.39 is 0 Å². The van der Waals surface area contributed by atoms with Crippen LogP contribution < -0.4 is 5.32 Å². The van der Waals surface area contributed by atoms with E-state index >= 15 is 0 Å². The highest BCUT2D eigenvalue weighted by molar-refractivity contribution is 6.30. The zero-order valence-corrected chi connectivity index (χ0v) is 10.1. The van der Waals surface area contributed by atoms with Gasteiger partial charge in [0.2, 0.25) is 0 Å². The Morgan fingerprint density at radius 2 is 1.88 bits per heavy atom. The van der Waals surface area contributed by atoms with Gasteiger partial charge in [-0.05, 0) is 43.0 Å². The first-order valence-electron chi connectivity index (χ1n) is 5.92. The molecule has 1 aliphatic rings. The van der Waals surface area contributed by atoms with Crippen molar-refractivity contribution in [2.75, 3.05) is 11.9 Å². The molecule has 0 aliphatic heterocycles. The van der Waals surface area contributed by atoms with Crippen LogP contribution in [0.3, 0.4) is 0 Å². The minimum atomic E-state index is 0.184. The summed E-state index contributed by atoms with van der Waals surface area (Å²) in [4.78, 5) is 0. The second kappa shape index (κ2) is 5.55. The second-order valence-electron chi connectivity index (χ2n) is 4.48. The lowest BCUT2D eigenvalue weighted by Crippen LogP contribution is -2.31. The van der Waals surface area contributed by atoms with Gasteiger partial charge in [-0.15, -0.1) is 0 Å². The van der Waals surface area contributed by atoms with E-state index in [-0.39, 0.29) is 12.6 Å². The van der Waals surface area contributed by atoms with Crippen molar-refractivity contribution in [1.82, 2.24) is 0 Å².